The van der Waals surface area contributed by atoms with Crippen LogP contribution < -0.4 is 5.32 Å². The first-order chi connectivity index (χ1) is 8.95. The molecule has 0 aliphatic carbocycles. The predicted molar refractivity (Wildman–Crippen MR) is 68.6 cm³/mol. The van der Waals surface area contributed by atoms with Gasteiger partial charge in [-0.1, -0.05) is 0 Å². The maximum Gasteiger partial charge on any atom is 0.326 e. The molecule has 0 aromatic carbocycles. The van der Waals surface area contributed by atoms with Crippen molar-refractivity contribution in [3.63, 3.8) is 0 Å². The summed E-state index contributed by atoms with van der Waals surface area (Å²) in [6.45, 7) is -0.00326. The number of rotatable bonds is 7. The maximum atomic E-state index is 11.6. The fourth-order valence-corrected chi connectivity index (χ4v) is 2.00. The van der Waals surface area contributed by atoms with Crippen LogP contribution in [0.1, 0.15) is 25.7 Å². The molecule has 0 aromatic rings. The topological polar surface area (TPSA) is 104 Å². The summed E-state index contributed by atoms with van der Waals surface area (Å²) in [7, 11) is 0. The Morgan fingerprint density at radius 3 is 2.37 bits per heavy atom. The van der Waals surface area contributed by atoms with Crippen molar-refractivity contribution in [1.82, 2.24) is 10.2 Å². The zero-order valence-electron chi connectivity index (χ0n) is 10.3. The highest BCUT2D eigenvalue weighted by molar-refractivity contribution is 7.80. The van der Waals surface area contributed by atoms with E-state index in [1.165, 1.54) is 0 Å². The molecular formula is C11H16N2O5S. The van der Waals surface area contributed by atoms with Crippen molar-refractivity contribution in [1.29, 1.82) is 0 Å². The first-order valence-corrected chi connectivity index (χ1v) is 6.55. The summed E-state index contributed by atoms with van der Waals surface area (Å²) in [6, 6.07) is -0.991. The Balaban J connectivity index is 2.40. The number of thiol groups is 1. The van der Waals surface area contributed by atoms with Gasteiger partial charge in [-0.2, -0.15) is 12.6 Å². The number of carbonyl (C=O) groups excluding carboxylic acids is 3. The molecule has 0 spiro atoms. The van der Waals surface area contributed by atoms with E-state index in [1.54, 1.807) is 0 Å². The second-order valence-corrected chi connectivity index (χ2v) is 4.61. The van der Waals surface area contributed by atoms with Crippen molar-refractivity contribution in [2.45, 2.75) is 31.7 Å². The number of imide groups is 1. The van der Waals surface area contributed by atoms with E-state index < -0.39 is 17.9 Å². The number of likely N-dealkylation sites (tertiary alicyclic amines) is 1. The van der Waals surface area contributed by atoms with Gasteiger partial charge < -0.3 is 10.4 Å². The number of carboxylic acids is 1. The smallest absolute Gasteiger partial charge is 0.326 e. The third kappa shape index (κ3) is 4.55. The van der Waals surface area contributed by atoms with E-state index >= 15 is 0 Å². The molecule has 1 heterocycles. The van der Waals surface area contributed by atoms with Gasteiger partial charge in [0.2, 0.25) is 17.7 Å². The second-order valence-electron chi connectivity index (χ2n) is 4.16. The van der Waals surface area contributed by atoms with Gasteiger partial charge in [0.25, 0.3) is 0 Å². The first-order valence-electron chi connectivity index (χ1n) is 5.92. The lowest BCUT2D eigenvalue weighted by Gasteiger charge is -2.16. The van der Waals surface area contributed by atoms with E-state index in [0.717, 1.165) is 4.90 Å². The maximum absolute atomic E-state index is 11.6. The van der Waals surface area contributed by atoms with Gasteiger partial charge in [-0.05, 0) is 12.2 Å². The Morgan fingerprint density at radius 2 is 1.89 bits per heavy atom. The molecule has 1 unspecified atom stereocenters. The third-order valence-electron chi connectivity index (χ3n) is 2.77. The number of hydrogen-bond donors (Lipinski definition) is 3. The number of hydrogen-bond acceptors (Lipinski definition) is 5. The third-order valence-corrected chi connectivity index (χ3v) is 3.03. The first kappa shape index (κ1) is 15.5. The van der Waals surface area contributed by atoms with Crippen LogP contribution in [0.3, 0.4) is 0 Å². The lowest BCUT2D eigenvalue weighted by atomic mass is 10.2. The highest BCUT2D eigenvalue weighted by Crippen LogP contribution is 2.11. The summed E-state index contributed by atoms with van der Waals surface area (Å²) in [5, 5.41) is 11.2. The standard InChI is InChI=1S/C11H16N2O5S/c14-8(12-7(4-6-19)11(17)18)3-5-13-9(15)1-2-10(13)16/h7,19H,1-6H2,(H,12,14)(H,17,18). The highest BCUT2D eigenvalue weighted by atomic mass is 32.1. The summed E-state index contributed by atoms with van der Waals surface area (Å²) in [5.74, 6) is -1.87. The number of amides is 3. The molecule has 1 aliphatic heterocycles. The van der Waals surface area contributed by atoms with E-state index in [1.807, 2.05) is 0 Å². The molecule has 0 saturated carbocycles. The van der Waals surface area contributed by atoms with Crippen molar-refractivity contribution in [3.8, 4) is 0 Å². The average Bonchev–Trinajstić information content (AvgIpc) is 2.66. The van der Waals surface area contributed by atoms with Gasteiger partial charge in [0.05, 0.1) is 0 Å². The van der Waals surface area contributed by atoms with E-state index in [2.05, 4.69) is 17.9 Å². The van der Waals surface area contributed by atoms with Crippen LogP contribution in [0.2, 0.25) is 0 Å². The fraction of sp³-hybridized carbons (Fsp3) is 0.636. The van der Waals surface area contributed by atoms with Gasteiger partial charge >= 0.3 is 5.97 Å². The molecular weight excluding hydrogens is 272 g/mol. The molecule has 106 valence electrons. The molecule has 7 nitrogen and oxygen atoms in total. The summed E-state index contributed by atoms with van der Waals surface area (Å²) < 4.78 is 0. The number of carboxylic acid groups (broad SMARTS) is 1. The lowest BCUT2D eigenvalue weighted by Crippen LogP contribution is -2.42. The lowest BCUT2D eigenvalue weighted by molar-refractivity contribution is -0.143. The molecule has 1 atom stereocenters. The van der Waals surface area contributed by atoms with Gasteiger partial charge in [-0.15, -0.1) is 0 Å². The molecule has 8 heteroatoms. The van der Waals surface area contributed by atoms with Crippen LogP contribution in [0.5, 0.6) is 0 Å². The number of nitrogens with zero attached hydrogens (tertiary/aromatic N) is 1. The van der Waals surface area contributed by atoms with Crippen molar-refractivity contribution >= 4 is 36.3 Å². The summed E-state index contributed by atoms with van der Waals surface area (Å²) in [4.78, 5) is 46.0. The number of aliphatic carboxylic acids is 1. The molecule has 1 saturated heterocycles. The van der Waals surface area contributed by atoms with Crippen LogP contribution in [0.15, 0.2) is 0 Å². The molecule has 0 radical (unpaired) electrons. The Bertz CT molecular complexity index is 383. The SMILES string of the molecule is O=C(CCN1C(=O)CCC1=O)NC(CCS)C(=O)O. The monoisotopic (exact) mass is 288 g/mol. The van der Waals surface area contributed by atoms with Crippen LogP contribution in [0, 0.1) is 0 Å². The largest absolute Gasteiger partial charge is 0.480 e. The number of carbonyl (C=O) groups is 4. The van der Waals surface area contributed by atoms with Crippen molar-refractivity contribution in [2.24, 2.45) is 0 Å². The van der Waals surface area contributed by atoms with Crippen LogP contribution >= 0.6 is 12.6 Å². The molecule has 3 amide bonds. The molecule has 1 fully saturated rings. The van der Waals surface area contributed by atoms with E-state index in [4.69, 9.17) is 5.11 Å². The van der Waals surface area contributed by atoms with E-state index in [-0.39, 0.29) is 44.0 Å². The van der Waals surface area contributed by atoms with Crippen molar-refractivity contribution in [3.05, 3.63) is 0 Å². The minimum atomic E-state index is -1.13. The Labute approximate surface area is 115 Å². The van der Waals surface area contributed by atoms with Gasteiger partial charge in [0.15, 0.2) is 0 Å². The fourth-order valence-electron chi connectivity index (χ4n) is 1.74. The van der Waals surface area contributed by atoms with Gasteiger partial charge in [0, 0.05) is 25.8 Å². The quantitative estimate of drug-likeness (QED) is 0.429. The molecule has 2 N–H and O–H groups in total. The van der Waals surface area contributed by atoms with E-state index in [0.29, 0.717) is 5.75 Å². The molecule has 1 rings (SSSR count). The molecule has 0 bridgehead atoms. The van der Waals surface area contributed by atoms with Gasteiger partial charge in [-0.25, -0.2) is 4.79 Å². The molecule has 1 aliphatic rings. The van der Waals surface area contributed by atoms with Crippen LogP contribution in [0.25, 0.3) is 0 Å². The normalized spacial score (nSPS) is 16.6. The van der Waals surface area contributed by atoms with Crippen molar-refractivity contribution in [2.75, 3.05) is 12.3 Å². The Kier molecular flexibility index (Phi) is 5.81. The minimum absolute atomic E-state index is 0.00326. The van der Waals surface area contributed by atoms with Crippen LogP contribution in [0.4, 0.5) is 0 Å². The van der Waals surface area contributed by atoms with Gasteiger partial charge in [-0.3, -0.25) is 19.3 Å². The van der Waals surface area contributed by atoms with Crippen molar-refractivity contribution < 1.29 is 24.3 Å². The Morgan fingerprint density at radius 1 is 1.32 bits per heavy atom. The average molecular weight is 288 g/mol. The summed E-state index contributed by atoms with van der Waals surface area (Å²) in [5.41, 5.74) is 0. The highest BCUT2D eigenvalue weighted by Gasteiger charge is 2.29. The summed E-state index contributed by atoms with van der Waals surface area (Å²) >= 11 is 3.91. The zero-order chi connectivity index (χ0) is 14.4. The predicted octanol–water partition coefficient (Wildman–Crippen LogP) is -0.585. The number of nitrogens with one attached hydrogen (secondary N) is 1. The molecule has 19 heavy (non-hydrogen) atoms. The minimum Gasteiger partial charge on any atom is -0.480 e. The second kappa shape index (κ2) is 7.13. The van der Waals surface area contributed by atoms with Gasteiger partial charge in [0.1, 0.15) is 6.04 Å². The Hall–Kier alpha value is -1.57. The van der Waals surface area contributed by atoms with E-state index in [9.17, 15) is 19.2 Å². The molecule has 0 aromatic heterocycles. The van der Waals surface area contributed by atoms with Crippen LogP contribution in [-0.4, -0.2) is 52.0 Å². The van der Waals surface area contributed by atoms with Crippen LogP contribution in [-0.2, 0) is 19.2 Å². The zero-order valence-corrected chi connectivity index (χ0v) is 11.2. The summed E-state index contributed by atoms with van der Waals surface area (Å²) in [6.07, 6.45) is 0.481.